The van der Waals surface area contributed by atoms with Crippen LogP contribution in [0.3, 0.4) is 0 Å². The first-order valence-electron chi connectivity index (χ1n) is 7.04. The number of nitrogens with zero attached hydrogens (tertiary/aromatic N) is 2. The Hall–Kier alpha value is -1.86. The number of nitriles is 1. The molecule has 1 N–H and O–H groups in total. The number of hydrogen-bond donors (Lipinski definition) is 1. The van der Waals surface area contributed by atoms with E-state index < -0.39 is 11.4 Å². The molecular weight excluding hydrogens is 252 g/mol. The standard InChI is InChI=1S/C16H20N2O2/c1-2-16(15(19)20)7-9-18(10-8-16)12-14-5-3-13(11-17)4-6-14/h3-6H,2,7-10,12H2,1H3,(H,19,20). The minimum absolute atomic E-state index is 0.527. The van der Waals surface area contributed by atoms with Crippen LogP contribution in [0.15, 0.2) is 24.3 Å². The predicted molar refractivity (Wildman–Crippen MR) is 76.0 cm³/mol. The topological polar surface area (TPSA) is 64.3 Å². The van der Waals surface area contributed by atoms with Crippen LogP contribution >= 0.6 is 0 Å². The van der Waals surface area contributed by atoms with E-state index in [4.69, 9.17) is 5.26 Å². The highest BCUT2D eigenvalue weighted by Gasteiger charge is 2.39. The van der Waals surface area contributed by atoms with Crippen LogP contribution in [-0.4, -0.2) is 29.1 Å². The lowest BCUT2D eigenvalue weighted by Crippen LogP contribution is -2.43. The van der Waals surface area contributed by atoms with Gasteiger partial charge in [-0.3, -0.25) is 9.69 Å². The molecule has 0 radical (unpaired) electrons. The van der Waals surface area contributed by atoms with Crippen LogP contribution in [0.4, 0.5) is 0 Å². The molecule has 1 aliphatic heterocycles. The smallest absolute Gasteiger partial charge is 0.309 e. The first-order chi connectivity index (χ1) is 9.59. The molecular formula is C16H20N2O2. The molecule has 4 heteroatoms. The summed E-state index contributed by atoms with van der Waals surface area (Å²) in [5.74, 6) is -0.655. The van der Waals surface area contributed by atoms with E-state index in [-0.39, 0.29) is 0 Å². The van der Waals surface area contributed by atoms with Gasteiger partial charge < -0.3 is 5.11 Å². The van der Waals surface area contributed by atoms with Crippen molar-refractivity contribution in [2.24, 2.45) is 5.41 Å². The second kappa shape index (κ2) is 6.06. The molecule has 0 atom stereocenters. The van der Waals surface area contributed by atoms with Crippen LogP contribution in [-0.2, 0) is 11.3 Å². The maximum atomic E-state index is 11.4. The van der Waals surface area contributed by atoms with Crippen molar-refractivity contribution in [2.45, 2.75) is 32.7 Å². The Morgan fingerprint density at radius 1 is 1.35 bits per heavy atom. The van der Waals surface area contributed by atoms with Gasteiger partial charge in [-0.25, -0.2) is 0 Å². The van der Waals surface area contributed by atoms with Crippen LogP contribution in [0.25, 0.3) is 0 Å². The Morgan fingerprint density at radius 2 is 1.95 bits per heavy atom. The summed E-state index contributed by atoms with van der Waals surface area (Å²) in [6.45, 7) is 4.43. The molecule has 4 nitrogen and oxygen atoms in total. The number of carboxylic acids is 1. The van der Waals surface area contributed by atoms with Crippen molar-refractivity contribution >= 4 is 5.97 Å². The monoisotopic (exact) mass is 272 g/mol. The van der Waals surface area contributed by atoms with Crippen molar-refractivity contribution in [3.05, 3.63) is 35.4 Å². The fraction of sp³-hybridized carbons (Fsp3) is 0.500. The van der Waals surface area contributed by atoms with Gasteiger partial charge in [0.15, 0.2) is 0 Å². The largest absolute Gasteiger partial charge is 0.481 e. The summed E-state index contributed by atoms with van der Waals surface area (Å²) in [6, 6.07) is 9.70. The van der Waals surface area contributed by atoms with Gasteiger partial charge in [-0.2, -0.15) is 5.26 Å². The van der Waals surface area contributed by atoms with Gasteiger partial charge >= 0.3 is 5.97 Å². The van der Waals surface area contributed by atoms with E-state index in [1.165, 1.54) is 5.56 Å². The van der Waals surface area contributed by atoms with Crippen LogP contribution in [0.2, 0.25) is 0 Å². The Balaban J connectivity index is 1.94. The van der Waals surface area contributed by atoms with E-state index >= 15 is 0 Å². The molecule has 1 heterocycles. The SMILES string of the molecule is CCC1(C(=O)O)CCN(Cc2ccc(C#N)cc2)CC1. The summed E-state index contributed by atoms with van der Waals surface area (Å²) in [5, 5.41) is 18.1. The zero-order chi connectivity index (χ0) is 14.6. The molecule has 1 aromatic rings. The zero-order valence-corrected chi connectivity index (χ0v) is 11.8. The third kappa shape index (κ3) is 3.00. The Morgan fingerprint density at radius 3 is 2.40 bits per heavy atom. The average Bonchev–Trinajstić information content (AvgIpc) is 2.49. The summed E-state index contributed by atoms with van der Waals surface area (Å²) in [5.41, 5.74) is 1.31. The lowest BCUT2D eigenvalue weighted by Gasteiger charge is -2.38. The number of rotatable bonds is 4. The molecule has 1 saturated heterocycles. The highest BCUT2D eigenvalue weighted by molar-refractivity contribution is 5.74. The highest BCUT2D eigenvalue weighted by atomic mass is 16.4. The molecule has 0 saturated carbocycles. The van der Waals surface area contributed by atoms with Crippen molar-refractivity contribution < 1.29 is 9.90 Å². The molecule has 2 rings (SSSR count). The van der Waals surface area contributed by atoms with Gasteiger partial charge in [0.2, 0.25) is 0 Å². The first-order valence-corrected chi connectivity index (χ1v) is 7.04. The second-order valence-electron chi connectivity index (χ2n) is 5.52. The van der Waals surface area contributed by atoms with Gasteiger partial charge in [0.1, 0.15) is 0 Å². The molecule has 106 valence electrons. The lowest BCUT2D eigenvalue weighted by molar-refractivity contribution is -0.152. The molecule has 0 aromatic heterocycles. The number of carboxylic acid groups (broad SMARTS) is 1. The Bertz CT molecular complexity index is 508. The summed E-state index contributed by atoms with van der Waals surface area (Å²) in [4.78, 5) is 13.7. The van der Waals surface area contributed by atoms with Crippen LogP contribution in [0, 0.1) is 16.7 Å². The van der Waals surface area contributed by atoms with E-state index in [9.17, 15) is 9.90 Å². The van der Waals surface area contributed by atoms with Gasteiger partial charge in [0.05, 0.1) is 17.0 Å². The number of benzene rings is 1. The van der Waals surface area contributed by atoms with Gasteiger partial charge in [-0.05, 0) is 50.0 Å². The summed E-state index contributed by atoms with van der Waals surface area (Å²) < 4.78 is 0. The molecule has 1 aromatic carbocycles. The Kier molecular flexibility index (Phi) is 4.41. The van der Waals surface area contributed by atoms with Gasteiger partial charge in [0.25, 0.3) is 0 Å². The number of aliphatic carboxylic acids is 1. The maximum Gasteiger partial charge on any atom is 0.309 e. The van der Waals surface area contributed by atoms with Crippen molar-refractivity contribution in [1.29, 1.82) is 5.26 Å². The number of hydrogen-bond acceptors (Lipinski definition) is 3. The van der Waals surface area contributed by atoms with Gasteiger partial charge in [0, 0.05) is 6.54 Å². The quantitative estimate of drug-likeness (QED) is 0.915. The maximum absolute atomic E-state index is 11.4. The van der Waals surface area contributed by atoms with E-state index in [0.29, 0.717) is 12.0 Å². The molecule has 0 unspecified atom stereocenters. The highest BCUT2D eigenvalue weighted by Crippen LogP contribution is 2.35. The van der Waals surface area contributed by atoms with E-state index in [2.05, 4.69) is 11.0 Å². The zero-order valence-electron chi connectivity index (χ0n) is 11.8. The van der Waals surface area contributed by atoms with E-state index in [0.717, 1.165) is 32.5 Å². The number of carbonyl (C=O) groups is 1. The van der Waals surface area contributed by atoms with Gasteiger partial charge in [-0.15, -0.1) is 0 Å². The predicted octanol–water partition coefficient (Wildman–Crippen LogP) is 2.64. The molecule has 1 aliphatic rings. The molecule has 0 amide bonds. The normalized spacial score (nSPS) is 18.4. The van der Waals surface area contributed by atoms with Crippen molar-refractivity contribution in [1.82, 2.24) is 4.90 Å². The van der Waals surface area contributed by atoms with Crippen LogP contribution < -0.4 is 0 Å². The van der Waals surface area contributed by atoms with E-state index in [1.54, 1.807) is 0 Å². The third-order valence-electron chi connectivity index (χ3n) is 4.43. The minimum Gasteiger partial charge on any atom is -0.481 e. The molecule has 0 aliphatic carbocycles. The minimum atomic E-state index is -0.655. The number of likely N-dealkylation sites (tertiary alicyclic amines) is 1. The fourth-order valence-electron chi connectivity index (χ4n) is 2.80. The first kappa shape index (κ1) is 14.5. The fourth-order valence-corrected chi connectivity index (χ4v) is 2.80. The van der Waals surface area contributed by atoms with Crippen molar-refractivity contribution in [3.8, 4) is 6.07 Å². The molecule has 0 bridgehead atoms. The van der Waals surface area contributed by atoms with Crippen molar-refractivity contribution in [3.63, 3.8) is 0 Å². The van der Waals surface area contributed by atoms with Gasteiger partial charge in [-0.1, -0.05) is 19.1 Å². The summed E-state index contributed by atoms with van der Waals surface area (Å²) >= 11 is 0. The summed E-state index contributed by atoms with van der Waals surface area (Å²) in [6.07, 6.45) is 2.14. The van der Waals surface area contributed by atoms with Crippen LogP contribution in [0.1, 0.15) is 37.3 Å². The summed E-state index contributed by atoms with van der Waals surface area (Å²) in [7, 11) is 0. The van der Waals surface area contributed by atoms with Crippen molar-refractivity contribution in [2.75, 3.05) is 13.1 Å². The van der Waals surface area contributed by atoms with Crippen LogP contribution in [0.5, 0.6) is 0 Å². The van der Waals surface area contributed by atoms with E-state index in [1.807, 2.05) is 31.2 Å². The molecule has 1 fully saturated rings. The lowest BCUT2D eigenvalue weighted by atomic mass is 9.76. The third-order valence-corrected chi connectivity index (χ3v) is 4.43. The second-order valence-corrected chi connectivity index (χ2v) is 5.52. The molecule has 0 spiro atoms. The Labute approximate surface area is 119 Å². The average molecular weight is 272 g/mol. The number of piperidine rings is 1. The molecule has 20 heavy (non-hydrogen) atoms.